The molecule has 0 radical (unpaired) electrons. The molecule has 1 aliphatic rings. The van der Waals surface area contributed by atoms with E-state index >= 15 is 0 Å². The molecule has 0 bridgehead atoms. The second kappa shape index (κ2) is 10.4. The molecule has 0 saturated heterocycles. The van der Waals surface area contributed by atoms with Crippen LogP contribution in [0.4, 0.5) is 5.69 Å². The molecule has 3 nitrogen and oxygen atoms in total. The lowest BCUT2D eigenvalue weighted by Gasteiger charge is -2.23. The van der Waals surface area contributed by atoms with E-state index in [-0.39, 0.29) is 0 Å². The summed E-state index contributed by atoms with van der Waals surface area (Å²) >= 11 is 6.07. The zero-order valence-corrected chi connectivity index (χ0v) is 15.6. The van der Waals surface area contributed by atoms with Crippen LogP contribution in [0.25, 0.3) is 0 Å². The van der Waals surface area contributed by atoms with Crippen molar-refractivity contribution < 1.29 is 0 Å². The van der Waals surface area contributed by atoms with E-state index in [1.165, 1.54) is 44.3 Å². The molecular formula is C20H28ClN3. The molecule has 0 aromatic carbocycles. The lowest BCUT2D eigenvalue weighted by molar-refractivity contribution is 0.288. The number of hydrogen-bond donors (Lipinski definition) is 0. The van der Waals surface area contributed by atoms with Gasteiger partial charge in [0.25, 0.3) is 0 Å². The van der Waals surface area contributed by atoms with Crippen molar-refractivity contribution in [3.63, 3.8) is 0 Å². The summed E-state index contributed by atoms with van der Waals surface area (Å²) < 4.78 is 0. The van der Waals surface area contributed by atoms with E-state index in [1.807, 2.05) is 12.1 Å². The van der Waals surface area contributed by atoms with E-state index in [1.54, 1.807) is 6.20 Å². The first-order valence-corrected chi connectivity index (χ1v) is 9.38. The third-order valence-corrected chi connectivity index (χ3v) is 4.42. The Morgan fingerprint density at radius 2 is 1.92 bits per heavy atom. The molecule has 0 unspecified atom stereocenters. The van der Waals surface area contributed by atoms with Gasteiger partial charge in [-0.15, -0.1) is 0 Å². The van der Waals surface area contributed by atoms with Crippen LogP contribution in [0.1, 0.15) is 46.0 Å². The van der Waals surface area contributed by atoms with Crippen molar-refractivity contribution in [3.05, 3.63) is 47.3 Å². The summed E-state index contributed by atoms with van der Waals surface area (Å²) in [7, 11) is 0. The van der Waals surface area contributed by atoms with Gasteiger partial charge in [-0.25, -0.2) is 9.98 Å². The van der Waals surface area contributed by atoms with Gasteiger partial charge in [0.2, 0.25) is 0 Å². The minimum absolute atomic E-state index is 0.457. The quantitative estimate of drug-likeness (QED) is 0.545. The van der Waals surface area contributed by atoms with Gasteiger partial charge in [0.15, 0.2) is 5.15 Å². The Labute approximate surface area is 151 Å². The van der Waals surface area contributed by atoms with Crippen molar-refractivity contribution in [1.82, 2.24) is 9.88 Å². The van der Waals surface area contributed by atoms with Crippen LogP contribution in [0.2, 0.25) is 5.15 Å². The third kappa shape index (κ3) is 6.21. The maximum Gasteiger partial charge on any atom is 0.154 e. The van der Waals surface area contributed by atoms with E-state index < -0.39 is 0 Å². The number of halogens is 1. The average Bonchev–Trinajstić information content (AvgIpc) is 2.61. The fourth-order valence-electron chi connectivity index (χ4n) is 2.68. The van der Waals surface area contributed by atoms with Gasteiger partial charge in [-0.05, 0) is 49.7 Å². The highest BCUT2D eigenvalue weighted by molar-refractivity contribution is 6.31. The summed E-state index contributed by atoms with van der Waals surface area (Å²) in [5.74, 6) is 0. The molecule has 0 amide bonds. The second-order valence-electron chi connectivity index (χ2n) is 6.22. The van der Waals surface area contributed by atoms with E-state index in [4.69, 9.17) is 11.6 Å². The Balaban J connectivity index is 1.94. The first kappa shape index (κ1) is 18.9. The Morgan fingerprint density at radius 1 is 1.17 bits per heavy atom. The van der Waals surface area contributed by atoms with Gasteiger partial charge >= 0.3 is 0 Å². The van der Waals surface area contributed by atoms with Crippen LogP contribution in [-0.2, 0) is 0 Å². The maximum absolute atomic E-state index is 6.07. The largest absolute Gasteiger partial charge is 0.299 e. The lowest BCUT2D eigenvalue weighted by atomic mass is 10.0. The van der Waals surface area contributed by atoms with Crippen LogP contribution < -0.4 is 0 Å². The van der Waals surface area contributed by atoms with E-state index in [0.717, 1.165) is 24.4 Å². The van der Waals surface area contributed by atoms with Crippen LogP contribution in [0.3, 0.4) is 0 Å². The van der Waals surface area contributed by atoms with Gasteiger partial charge in [0, 0.05) is 24.9 Å². The summed E-state index contributed by atoms with van der Waals surface area (Å²) in [5, 5.41) is 0.457. The fourth-order valence-corrected chi connectivity index (χ4v) is 2.84. The van der Waals surface area contributed by atoms with E-state index in [9.17, 15) is 0 Å². The fraction of sp³-hybridized carbons (Fsp3) is 0.500. The highest BCUT2D eigenvalue weighted by atomic mass is 35.5. The van der Waals surface area contributed by atoms with Gasteiger partial charge in [0.05, 0.1) is 0 Å². The molecule has 0 atom stereocenters. The minimum Gasteiger partial charge on any atom is -0.299 e. The molecule has 4 heteroatoms. The number of aromatic nitrogens is 1. The summed E-state index contributed by atoms with van der Waals surface area (Å²) in [4.78, 5) is 11.2. The van der Waals surface area contributed by atoms with Gasteiger partial charge in [-0.3, -0.25) is 4.90 Å². The molecule has 0 spiro atoms. The molecule has 1 aromatic heterocycles. The highest BCUT2D eigenvalue weighted by Crippen LogP contribution is 2.23. The molecule has 2 rings (SSSR count). The normalized spacial score (nSPS) is 16.0. The number of rotatable bonds is 9. The molecule has 0 saturated carbocycles. The van der Waals surface area contributed by atoms with Crippen molar-refractivity contribution >= 4 is 23.0 Å². The summed E-state index contributed by atoms with van der Waals surface area (Å²) in [5.41, 5.74) is 3.16. The molecule has 1 aliphatic carbocycles. The standard InChI is InChI=1S/C20H28ClN3/c1-3-5-14-24(15-6-4-2)16-17-9-11-18(12-10-17)23-19-8-7-13-22-20(19)21/h7-11,13H,3-6,12,14-16H2,1-2H3. The third-order valence-electron chi connectivity index (χ3n) is 4.13. The second-order valence-corrected chi connectivity index (χ2v) is 6.57. The first-order valence-electron chi connectivity index (χ1n) is 9.00. The number of nitrogens with zero attached hydrogens (tertiary/aromatic N) is 3. The Kier molecular flexibility index (Phi) is 8.20. The van der Waals surface area contributed by atoms with Gasteiger partial charge < -0.3 is 0 Å². The molecular weight excluding hydrogens is 318 g/mol. The van der Waals surface area contributed by atoms with Crippen LogP contribution in [0.15, 0.2) is 47.1 Å². The average molecular weight is 346 g/mol. The van der Waals surface area contributed by atoms with Gasteiger partial charge in [0.1, 0.15) is 5.69 Å². The molecule has 24 heavy (non-hydrogen) atoms. The van der Waals surface area contributed by atoms with Crippen LogP contribution in [0, 0.1) is 0 Å². The molecule has 1 heterocycles. The predicted octanol–water partition coefficient (Wildman–Crippen LogP) is 5.60. The zero-order chi connectivity index (χ0) is 17.2. The van der Waals surface area contributed by atoms with Crippen LogP contribution in [0.5, 0.6) is 0 Å². The summed E-state index contributed by atoms with van der Waals surface area (Å²) in [6, 6.07) is 3.76. The Hall–Kier alpha value is -1.45. The Morgan fingerprint density at radius 3 is 2.50 bits per heavy atom. The highest BCUT2D eigenvalue weighted by Gasteiger charge is 2.09. The number of aliphatic imine (C=N–C) groups is 1. The Bertz CT molecular complexity index is 597. The SMILES string of the molecule is CCCCN(CCCC)CC1=CCC(=Nc2cccnc2Cl)C=C1. The van der Waals surface area contributed by atoms with Crippen molar-refractivity contribution in [1.29, 1.82) is 0 Å². The van der Waals surface area contributed by atoms with Crippen LogP contribution in [-0.4, -0.2) is 35.2 Å². The van der Waals surface area contributed by atoms with Gasteiger partial charge in [-0.2, -0.15) is 0 Å². The molecule has 130 valence electrons. The van der Waals surface area contributed by atoms with Gasteiger partial charge in [-0.1, -0.05) is 50.4 Å². The topological polar surface area (TPSA) is 28.5 Å². The number of hydrogen-bond acceptors (Lipinski definition) is 3. The summed E-state index contributed by atoms with van der Waals surface area (Å²) in [6.07, 6.45) is 14.2. The van der Waals surface area contributed by atoms with Crippen molar-refractivity contribution in [2.24, 2.45) is 4.99 Å². The molecule has 0 aliphatic heterocycles. The molecule has 1 aromatic rings. The lowest BCUT2D eigenvalue weighted by Crippen LogP contribution is -2.28. The first-order chi connectivity index (χ1) is 11.7. The smallest absolute Gasteiger partial charge is 0.154 e. The van der Waals surface area contributed by atoms with Crippen molar-refractivity contribution in [2.75, 3.05) is 19.6 Å². The summed E-state index contributed by atoms with van der Waals surface area (Å²) in [6.45, 7) is 7.92. The van der Waals surface area contributed by atoms with Crippen molar-refractivity contribution in [3.8, 4) is 0 Å². The predicted molar refractivity (Wildman–Crippen MR) is 104 cm³/mol. The zero-order valence-electron chi connectivity index (χ0n) is 14.8. The monoisotopic (exact) mass is 345 g/mol. The molecule has 0 N–H and O–H groups in total. The van der Waals surface area contributed by atoms with Crippen molar-refractivity contribution in [2.45, 2.75) is 46.0 Å². The number of pyridine rings is 1. The molecule has 0 fully saturated rings. The minimum atomic E-state index is 0.457. The maximum atomic E-state index is 6.07. The van der Waals surface area contributed by atoms with E-state index in [0.29, 0.717) is 5.15 Å². The van der Waals surface area contributed by atoms with E-state index in [2.05, 4.69) is 47.0 Å². The van der Waals surface area contributed by atoms with Crippen LogP contribution >= 0.6 is 11.6 Å². The number of unbranched alkanes of at least 4 members (excludes halogenated alkanes) is 2. The number of allylic oxidation sites excluding steroid dienone is 2.